The van der Waals surface area contributed by atoms with Gasteiger partial charge in [0.05, 0.1) is 12.7 Å². The van der Waals surface area contributed by atoms with Gasteiger partial charge >= 0.3 is 0 Å². The first kappa shape index (κ1) is 15.3. The Hall–Kier alpha value is -2.14. The average molecular weight is 303 g/mol. The third-order valence-corrected chi connectivity index (χ3v) is 3.48. The van der Waals surface area contributed by atoms with E-state index in [1.807, 2.05) is 36.4 Å². The zero-order chi connectivity index (χ0) is 15.2. The van der Waals surface area contributed by atoms with E-state index < -0.39 is 11.0 Å². The predicted octanol–water partition coefficient (Wildman–Crippen LogP) is 2.83. The molecular weight excluding hydrogens is 286 g/mol. The van der Waals surface area contributed by atoms with E-state index >= 15 is 0 Å². The lowest BCUT2D eigenvalue weighted by Crippen LogP contribution is -2.06. The summed E-state index contributed by atoms with van der Waals surface area (Å²) in [5, 5.41) is 0. The van der Waals surface area contributed by atoms with Crippen LogP contribution in [-0.2, 0) is 17.4 Å². The molecule has 0 spiro atoms. The van der Waals surface area contributed by atoms with Gasteiger partial charge in [-0.3, -0.25) is 4.79 Å². The summed E-state index contributed by atoms with van der Waals surface area (Å²) in [5.74, 6) is 0.564. The van der Waals surface area contributed by atoms with Gasteiger partial charge in [0, 0.05) is 18.4 Å². The quantitative estimate of drug-likeness (QED) is 0.835. The maximum Gasteiger partial charge on any atom is 0.170 e. The number of ketones is 1. The minimum atomic E-state index is -1.13. The highest BCUT2D eigenvalue weighted by atomic mass is 32.2. The Kier molecular flexibility index (Phi) is 5.11. The molecule has 0 fully saturated rings. The highest BCUT2D eigenvalue weighted by Crippen LogP contribution is 2.20. The number of para-hydroxylation sites is 1. The number of nitrogens with one attached hydrogen (secondary N) is 1. The maximum atomic E-state index is 12.4. The monoisotopic (exact) mass is 303 g/mol. The van der Waals surface area contributed by atoms with Crippen molar-refractivity contribution in [3.8, 4) is 5.75 Å². The van der Waals surface area contributed by atoms with Crippen molar-refractivity contribution in [3.63, 3.8) is 0 Å². The maximum absolute atomic E-state index is 12.4. The van der Waals surface area contributed by atoms with Crippen LogP contribution in [-0.4, -0.2) is 23.4 Å². The van der Waals surface area contributed by atoms with E-state index in [1.54, 1.807) is 25.5 Å². The summed E-state index contributed by atoms with van der Waals surface area (Å²) in [7, 11) is 0.415. The summed E-state index contributed by atoms with van der Waals surface area (Å²) in [6, 6.07) is 14.5. The fraction of sp³-hybridized carbons (Fsp3) is 0.188. The predicted molar refractivity (Wildman–Crippen MR) is 85.2 cm³/mol. The van der Waals surface area contributed by atoms with Crippen LogP contribution in [0.15, 0.2) is 48.5 Å². The molecule has 110 valence electrons. The molecule has 0 aliphatic heterocycles. The second-order valence-electron chi connectivity index (χ2n) is 4.56. The average Bonchev–Trinajstić information content (AvgIpc) is 2.46. The van der Waals surface area contributed by atoms with E-state index in [1.165, 1.54) is 0 Å². The first-order chi connectivity index (χ1) is 10.1. The normalized spacial score (nSPS) is 11.7. The third-order valence-electron chi connectivity index (χ3n) is 2.96. The molecule has 0 aromatic heterocycles. The van der Waals surface area contributed by atoms with Gasteiger partial charge in [-0.2, -0.15) is 0 Å². The number of Topliss-reactive ketones (excluding diaryl/α,β-unsaturated/α-hetero) is 1. The summed E-state index contributed by atoms with van der Waals surface area (Å²) in [6.45, 7) is 0. The molecule has 0 aliphatic carbocycles. The molecule has 1 atom stereocenters. The van der Waals surface area contributed by atoms with Gasteiger partial charge in [-0.15, -0.1) is 0 Å². The molecular formula is C16H17NO3S. The summed E-state index contributed by atoms with van der Waals surface area (Å²) < 4.78 is 19.2. The molecule has 0 bridgehead atoms. The molecule has 4 nitrogen and oxygen atoms in total. The number of hydrogen-bond acceptors (Lipinski definition) is 3. The van der Waals surface area contributed by atoms with Gasteiger partial charge in [-0.1, -0.05) is 24.3 Å². The second kappa shape index (κ2) is 7.04. The van der Waals surface area contributed by atoms with Crippen molar-refractivity contribution in [3.05, 3.63) is 59.7 Å². The van der Waals surface area contributed by atoms with Crippen LogP contribution < -0.4 is 9.46 Å². The molecule has 1 unspecified atom stereocenters. The van der Waals surface area contributed by atoms with Crippen molar-refractivity contribution in [2.45, 2.75) is 6.42 Å². The smallest absolute Gasteiger partial charge is 0.170 e. The van der Waals surface area contributed by atoms with Gasteiger partial charge in [0.2, 0.25) is 0 Å². The second-order valence-corrected chi connectivity index (χ2v) is 5.67. The van der Waals surface area contributed by atoms with Crippen LogP contribution >= 0.6 is 0 Å². The summed E-state index contributed by atoms with van der Waals surface area (Å²) in [5.41, 5.74) is 2.17. The lowest BCUT2D eigenvalue weighted by Gasteiger charge is -2.08. The van der Waals surface area contributed by atoms with Crippen molar-refractivity contribution in [1.82, 2.24) is 0 Å². The van der Waals surface area contributed by atoms with E-state index in [9.17, 15) is 9.00 Å². The lowest BCUT2D eigenvalue weighted by molar-refractivity contribution is 0.0990. The van der Waals surface area contributed by atoms with Crippen LogP contribution in [0.3, 0.4) is 0 Å². The molecule has 0 aliphatic rings. The van der Waals surface area contributed by atoms with Crippen molar-refractivity contribution < 1.29 is 13.7 Å². The Balaban J connectivity index is 2.17. The Morgan fingerprint density at radius 1 is 1.19 bits per heavy atom. The highest BCUT2D eigenvalue weighted by molar-refractivity contribution is 7.85. The Morgan fingerprint density at radius 2 is 1.95 bits per heavy atom. The number of carbonyl (C=O) groups is 1. The van der Waals surface area contributed by atoms with Crippen LogP contribution in [0.5, 0.6) is 5.75 Å². The van der Waals surface area contributed by atoms with E-state index in [0.717, 1.165) is 11.3 Å². The van der Waals surface area contributed by atoms with Gasteiger partial charge in [0.25, 0.3) is 0 Å². The number of ether oxygens (including phenoxy) is 1. The molecule has 0 heterocycles. The first-order valence-electron chi connectivity index (χ1n) is 6.45. The van der Waals surface area contributed by atoms with Crippen LogP contribution in [0.1, 0.15) is 15.9 Å². The molecule has 21 heavy (non-hydrogen) atoms. The number of benzene rings is 2. The molecule has 2 aromatic carbocycles. The van der Waals surface area contributed by atoms with Gasteiger partial charge < -0.3 is 9.46 Å². The zero-order valence-electron chi connectivity index (χ0n) is 12.0. The van der Waals surface area contributed by atoms with Crippen LogP contribution in [0.25, 0.3) is 0 Å². The van der Waals surface area contributed by atoms with E-state index in [0.29, 0.717) is 11.3 Å². The fourth-order valence-electron chi connectivity index (χ4n) is 2.07. The summed E-state index contributed by atoms with van der Waals surface area (Å²) >= 11 is 0. The molecule has 0 saturated heterocycles. The Morgan fingerprint density at radius 3 is 2.67 bits per heavy atom. The zero-order valence-corrected chi connectivity index (χ0v) is 12.8. The van der Waals surface area contributed by atoms with Gasteiger partial charge in [0.15, 0.2) is 5.78 Å². The molecule has 5 heteroatoms. The lowest BCUT2D eigenvalue weighted by atomic mass is 10.0. The third kappa shape index (κ3) is 4.16. The van der Waals surface area contributed by atoms with Gasteiger partial charge in [-0.05, 0) is 29.8 Å². The number of methoxy groups -OCH3 is 1. The number of rotatable bonds is 6. The molecule has 2 rings (SSSR count). The van der Waals surface area contributed by atoms with Crippen LogP contribution in [0, 0.1) is 0 Å². The van der Waals surface area contributed by atoms with E-state index in [4.69, 9.17) is 4.74 Å². The standard InChI is InChI=1S/C16H17NO3S/c1-20-16-9-4-3-8-14(16)15(18)11-12-6-5-7-13(10-12)17-21(2)19/h3-10,17H,11H2,1-2H3. The first-order valence-corrected chi connectivity index (χ1v) is 8.01. The molecule has 0 amide bonds. The van der Waals surface area contributed by atoms with Crippen molar-refractivity contribution in [2.75, 3.05) is 18.1 Å². The SMILES string of the molecule is COc1ccccc1C(=O)Cc1cccc(NS(C)=O)c1. The van der Waals surface area contributed by atoms with E-state index in [-0.39, 0.29) is 12.2 Å². The van der Waals surface area contributed by atoms with Gasteiger partial charge in [0.1, 0.15) is 16.7 Å². The molecule has 0 saturated carbocycles. The Bertz CT molecular complexity index is 670. The Labute approximate surface area is 126 Å². The minimum absolute atomic E-state index is 0.0118. The highest BCUT2D eigenvalue weighted by Gasteiger charge is 2.12. The van der Waals surface area contributed by atoms with Gasteiger partial charge in [-0.25, -0.2) is 4.21 Å². The summed E-state index contributed by atoms with van der Waals surface area (Å²) in [6.07, 6.45) is 1.83. The van der Waals surface area contributed by atoms with Crippen LogP contribution in [0.2, 0.25) is 0 Å². The number of anilines is 1. The number of carbonyl (C=O) groups excluding carboxylic acids is 1. The van der Waals surface area contributed by atoms with Crippen molar-refractivity contribution >= 4 is 22.5 Å². The molecule has 1 N–H and O–H groups in total. The largest absolute Gasteiger partial charge is 0.496 e. The van der Waals surface area contributed by atoms with Crippen LogP contribution in [0.4, 0.5) is 5.69 Å². The minimum Gasteiger partial charge on any atom is -0.496 e. The van der Waals surface area contributed by atoms with E-state index in [2.05, 4.69) is 4.72 Å². The van der Waals surface area contributed by atoms with Crippen molar-refractivity contribution in [1.29, 1.82) is 0 Å². The molecule has 2 aromatic rings. The fourth-order valence-corrected chi connectivity index (χ4v) is 2.53. The summed E-state index contributed by atoms with van der Waals surface area (Å²) in [4.78, 5) is 12.4. The van der Waals surface area contributed by atoms with Crippen molar-refractivity contribution in [2.24, 2.45) is 0 Å². The number of hydrogen-bond donors (Lipinski definition) is 1. The molecule has 0 radical (unpaired) electrons. The topological polar surface area (TPSA) is 55.4 Å².